The molecule has 2 aromatic heterocycles. The van der Waals surface area contributed by atoms with Crippen molar-refractivity contribution in [3.05, 3.63) is 48.3 Å². The van der Waals surface area contributed by atoms with Crippen molar-refractivity contribution in [1.82, 2.24) is 4.98 Å². The molecule has 3 rings (SSSR count). The van der Waals surface area contributed by atoms with Gasteiger partial charge in [0.15, 0.2) is 0 Å². The third-order valence-corrected chi connectivity index (χ3v) is 3.10. The highest BCUT2D eigenvalue weighted by Gasteiger charge is 2.11. The van der Waals surface area contributed by atoms with Crippen LogP contribution in [0.25, 0.3) is 22.3 Å². The molecular formula is C15H9FN2O5. The van der Waals surface area contributed by atoms with Crippen LogP contribution in [-0.4, -0.2) is 22.2 Å². The number of pyridine rings is 1. The average molecular weight is 316 g/mol. The molecule has 0 spiro atoms. The summed E-state index contributed by atoms with van der Waals surface area (Å²) in [4.78, 5) is 28.6. The van der Waals surface area contributed by atoms with E-state index in [0.29, 0.717) is 28.0 Å². The Labute approximate surface area is 128 Å². The number of carboxylic acids is 1. The Morgan fingerprint density at radius 3 is 2.78 bits per heavy atom. The second-order valence-corrected chi connectivity index (χ2v) is 4.59. The van der Waals surface area contributed by atoms with E-state index in [-0.39, 0.29) is 5.69 Å². The monoisotopic (exact) mass is 316 g/mol. The molecule has 8 heteroatoms. The van der Waals surface area contributed by atoms with E-state index in [4.69, 9.17) is 9.52 Å². The molecule has 0 aliphatic heterocycles. The zero-order valence-corrected chi connectivity index (χ0v) is 11.4. The maximum absolute atomic E-state index is 11.7. The highest BCUT2D eigenvalue weighted by atomic mass is 19.3. The molecule has 0 fully saturated rings. The Kier molecular flexibility index (Phi) is 3.63. The SMILES string of the molecule is O=C(Nc1ccc2oc(-c3ccnc(C(=O)O)c3)cc2c1)OF. The minimum absolute atomic E-state index is 0.101. The predicted molar refractivity (Wildman–Crippen MR) is 77.6 cm³/mol. The summed E-state index contributed by atoms with van der Waals surface area (Å²) in [7, 11) is 0. The van der Waals surface area contributed by atoms with Gasteiger partial charge in [-0.2, -0.15) is 0 Å². The molecule has 0 aliphatic carbocycles. The lowest BCUT2D eigenvalue weighted by molar-refractivity contribution is -0.0544. The number of anilines is 1. The number of carboxylic acid groups (broad SMARTS) is 1. The van der Waals surface area contributed by atoms with Crippen molar-refractivity contribution in [3.8, 4) is 11.3 Å². The molecule has 1 amide bonds. The summed E-state index contributed by atoms with van der Waals surface area (Å²) in [5, 5.41) is 11.8. The Hall–Kier alpha value is -3.42. The number of carbonyl (C=O) groups is 2. The summed E-state index contributed by atoms with van der Waals surface area (Å²) in [5.74, 6) is -0.700. The zero-order chi connectivity index (χ0) is 16.4. The number of nitrogens with one attached hydrogen (secondary N) is 1. The number of nitrogens with zero attached hydrogens (tertiary/aromatic N) is 1. The van der Waals surface area contributed by atoms with Crippen LogP contribution in [0.3, 0.4) is 0 Å². The fourth-order valence-electron chi connectivity index (χ4n) is 2.10. The van der Waals surface area contributed by atoms with Crippen LogP contribution < -0.4 is 5.32 Å². The molecule has 0 aliphatic rings. The van der Waals surface area contributed by atoms with Crippen molar-refractivity contribution in [2.45, 2.75) is 0 Å². The van der Waals surface area contributed by atoms with Crippen molar-refractivity contribution in [1.29, 1.82) is 0 Å². The van der Waals surface area contributed by atoms with Gasteiger partial charge in [0.2, 0.25) is 0 Å². The Balaban J connectivity index is 1.98. The molecule has 1 aromatic carbocycles. The van der Waals surface area contributed by atoms with Crippen LogP contribution in [-0.2, 0) is 4.94 Å². The number of benzene rings is 1. The molecular weight excluding hydrogens is 307 g/mol. The largest absolute Gasteiger partial charge is 0.477 e. The lowest BCUT2D eigenvalue weighted by Gasteiger charge is -1.99. The first kappa shape index (κ1) is 14.5. The van der Waals surface area contributed by atoms with Crippen molar-refractivity contribution in [2.24, 2.45) is 0 Å². The number of rotatable bonds is 3. The first-order valence-corrected chi connectivity index (χ1v) is 6.40. The quantitative estimate of drug-likeness (QED) is 0.765. The lowest BCUT2D eigenvalue weighted by atomic mass is 10.1. The molecule has 0 saturated heterocycles. The Morgan fingerprint density at radius 2 is 2.04 bits per heavy atom. The van der Waals surface area contributed by atoms with Crippen molar-refractivity contribution in [3.63, 3.8) is 0 Å². The van der Waals surface area contributed by atoms with Gasteiger partial charge in [-0.15, -0.1) is 0 Å². The third-order valence-electron chi connectivity index (χ3n) is 3.10. The molecule has 0 atom stereocenters. The van der Waals surface area contributed by atoms with Gasteiger partial charge in [0.25, 0.3) is 0 Å². The van der Waals surface area contributed by atoms with Gasteiger partial charge < -0.3 is 9.52 Å². The molecule has 7 nitrogen and oxygen atoms in total. The second kappa shape index (κ2) is 5.76. The van der Waals surface area contributed by atoms with E-state index in [2.05, 4.69) is 15.2 Å². The fraction of sp³-hybridized carbons (Fsp3) is 0. The van der Waals surface area contributed by atoms with E-state index in [1.807, 2.05) is 0 Å². The van der Waals surface area contributed by atoms with Crippen LogP contribution in [0.15, 0.2) is 47.0 Å². The first-order chi connectivity index (χ1) is 11.1. The standard InChI is InChI=1S/C15H9FN2O5/c16-23-15(21)18-10-1-2-12-9(5-10)7-13(22-12)8-3-4-17-11(6-8)14(19)20/h1-7H,(H,18,21)(H,19,20). The van der Waals surface area contributed by atoms with Gasteiger partial charge in [-0.1, -0.05) is 0 Å². The minimum Gasteiger partial charge on any atom is -0.477 e. The smallest absolute Gasteiger partial charge is 0.449 e. The molecule has 116 valence electrons. The molecule has 0 saturated carbocycles. The molecule has 3 aromatic rings. The van der Waals surface area contributed by atoms with Crippen LogP contribution in [0.5, 0.6) is 0 Å². The number of halogens is 1. The van der Waals surface area contributed by atoms with Gasteiger partial charge in [0.05, 0.1) is 0 Å². The summed E-state index contributed by atoms with van der Waals surface area (Å²) >= 11 is 0. The number of fused-ring (bicyclic) bond motifs is 1. The van der Waals surface area contributed by atoms with Gasteiger partial charge in [-0.3, -0.25) is 5.32 Å². The second-order valence-electron chi connectivity index (χ2n) is 4.59. The number of carbonyl (C=O) groups excluding carboxylic acids is 1. The van der Waals surface area contributed by atoms with Gasteiger partial charge in [-0.25, -0.2) is 19.5 Å². The van der Waals surface area contributed by atoms with Gasteiger partial charge in [-0.05, 0) is 36.4 Å². The van der Waals surface area contributed by atoms with E-state index >= 15 is 0 Å². The maximum Gasteiger partial charge on any atom is 0.449 e. The number of amides is 1. The van der Waals surface area contributed by atoms with E-state index in [0.717, 1.165) is 0 Å². The van der Waals surface area contributed by atoms with Crippen LogP contribution in [0.1, 0.15) is 10.5 Å². The molecule has 2 heterocycles. The normalized spacial score (nSPS) is 10.5. The van der Waals surface area contributed by atoms with E-state index in [1.54, 1.807) is 24.3 Å². The maximum atomic E-state index is 11.7. The van der Waals surface area contributed by atoms with E-state index < -0.39 is 12.1 Å². The van der Waals surface area contributed by atoms with Crippen LogP contribution >= 0.6 is 0 Å². The lowest BCUT2D eigenvalue weighted by Crippen LogP contribution is -2.08. The van der Waals surface area contributed by atoms with Crippen molar-refractivity contribution in [2.75, 3.05) is 5.32 Å². The summed E-state index contributed by atoms with van der Waals surface area (Å²) in [6.07, 6.45) is 0.143. The van der Waals surface area contributed by atoms with Crippen molar-refractivity contribution >= 4 is 28.7 Å². The summed E-state index contributed by atoms with van der Waals surface area (Å²) < 4.78 is 17.4. The van der Waals surface area contributed by atoms with Gasteiger partial charge >= 0.3 is 12.1 Å². The highest BCUT2D eigenvalue weighted by Crippen LogP contribution is 2.29. The minimum atomic E-state index is -1.23. The predicted octanol–water partition coefficient (Wildman–Crippen LogP) is 3.63. The zero-order valence-electron chi connectivity index (χ0n) is 11.4. The van der Waals surface area contributed by atoms with Gasteiger partial charge in [0, 0.05) is 27.4 Å². The summed E-state index contributed by atoms with van der Waals surface area (Å²) in [6, 6.07) is 9.35. The highest BCUT2D eigenvalue weighted by molar-refractivity contribution is 5.91. The molecule has 0 bridgehead atoms. The molecule has 0 unspecified atom stereocenters. The number of aromatic carboxylic acids is 1. The number of hydrogen-bond acceptors (Lipinski definition) is 5. The summed E-state index contributed by atoms with van der Waals surface area (Å²) in [5.41, 5.74) is 1.29. The molecule has 0 radical (unpaired) electrons. The average Bonchev–Trinajstić information content (AvgIpc) is 2.98. The fourth-order valence-corrected chi connectivity index (χ4v) is 2.10. The first-order valence-electron chi connectivity index (χ1n) is 6.40. The molecule has 2 N–H and O–H groups in total. The number of hydrogen-bond donors (Lipinski definition) is 2. The van der Waals surface area contributed by atoms with Crippen LogP contribution in [0.2, 0.25) is 0 Å². The van der Waals surface area contributed by atoms with Gasteiger partial charge in [0.1, 0.15) is 17.0 Å². The van der Waals surface area contributed by atoms with E-state index in [9.17, 15) is 14.1 Å². The number of furan rings is 1. The number of aromatic nitrogens is 1. The Morgan fingerprint density at radius 1 is 1.22 bits per heavy atom. The Bertz CT molecular complexity index is 906. The topological polar surface area (TPSA) is 102 Å². The third kappa shape index (κ3) is 2.95. The van der Waals surface area contributed by atoms with Crippen LogP contribution in [0.4, 0.5) is 15.0 Å². The van der Waals surface area contributed by atoms with E-state index in [1.165, 1.54) is 18.3 Å². The van der Waals surface area contributed by atoms with Crippen molar-refractivity contribution < 1.29 is 28.6 Å². The summed E-state index contributed by atoms with van der Waals surface area (Å²) in [6.45, 7) is 0. The van der Waals surface area contributed by atoms with Crippen LogP contribution in [0, 0.1) is 0 Å². The molecule has 23 heavy (non-hydrogen) atoms.